The molecule has 1 aromatic carbocycles. The van der Waals surface area contributed by atoms with E-state index in [4.69, 9.17) is 0 Å². The van der Waals surface area contributed by atoms with Gasteiger partial charge in [-0.1, -0.05) is 18.2 Å². The topological polar surface area (TPSA) is 112 Å². The molecule has 22 heavy (non-hydrogen) atoms. The summed E-state index contributed by atoms with van der Waals surface area (Å²) < 4.78 is 0. The van der Waals surface area contributed by atoms with Crippen molar-refractivity contribution in [2.45, 2.75) is 6.42 Å². The number of para-hydroxylation sites is 1. The van der Waals surface area contributed by atoms with E-state index in [-0.39, 0.29) is 6.42 Å². The van der Waals surface area contributed by atoms with Crippen LogP contribution in [0, 0.1) is 23.7 Å². The van der Waals surface area contributed by atoms with Crippen molar-refractivity contribution in [3.63, 3.8) is 0 Å². The van der Waals surface area contributed by atoms with Crippen LogP contribution in [0.15, 0.2) is 30.3 Å². The lowest BCUT2D eigenvalue weighted by Gasteiger charge is -2.18. The molecule has 2 aliphatic rings. The molecule has 0 radical (unpaired) electrons. The van der Waals surface area contributed by atoms with Crippen LogP contribution in [0.2, 0.25) is 0 Å². The molecule has 0 aromatic heterocycles. The number of anilines is 1. The van der Waals surface area contributed by atoms with Crippen LogP contribution in [0.1, 0.15) is 6.42 Å². The van der Waals surface area contributed by atoms with Gasteiger partial charge in [0.05, 0.1) is 29.4 Å². The van der Waals surface area contributed by atoms with Gasteiger partial charge in [0, 0.05) is 0 Å². The molecule has 1 aromatic rings. The fourth-order valence-electron chi connectivity index (χ4n) is 3.47. The van der Waals surface area contributed by atoms with E-state index in [0.29, 0.717) is 5.69 Å². The summed E-state index contributed by atoms with van der Waals surface area (Å²) in [4.78, 5) is 48.6. The van der Waals surface area contributed by atoms with Crippen molar-refractivity contribution in [1.82, 2.24) is 0 Å². The lowest BCUT2D eigenvalue weighted by Crippen LogP contribution is -2.35. The second kappa shape index (κ2) is 4.94. The Balaban J connectivity index is 2.04. The molecule has 4 unspecified atom stereocenters. The van der Waals surface area contributed by atoms with Crippen molar-refractivity contribution in [2.24, 2.45) is 23.7 Å². The van der Waals surface area contributed by atoms with Gasteiger partial charge in [-0.15, -0.1) is 0 Å². The Labute approximate surface area is 125 Å². The summed E-state index contributed by atoms with van der Waals surface area (Å²) in [5.74, 6) is -8.23. The Bertz CT molecular complexity index is 632. The first-order valence-corrected chi connectivity index (χ1v) is 6.82. The van der Waals surface area contributed by atoms with Crippen molar-refractivity contribution in [1.29, 1.82) is 0 Å². The predicted molar refractivity (Wildman–Crippen MR) is 72.8 cm³/mol. The second-order valence-electron chi connectivity index (χ2n) is 5.52. The minimum atomic E-state index is -1.24. The van der Waals surface area contributed by atoms with Crippen LogP contribution >= 0.6 is 0 Å². The number of hydrogen-bond acceptors (Lipinski definition) is 4. The highest BCUT2D eigenvalue weighted by atomic mass is 16.4. The van der Waals surface area contributed by atoms with Gasteiger partial charge < -0.3 is 10.2 Å². The molecule has 0 spiro atoms. The summed E-state index contributed by atoms with van der Waals surface area (Å²) in [6.45, 7) is 0. The highest BCUT2D eigenvalue weighted by Gasteiger charge is 2.62. The van der Waals surface area contributed by atoms with Crippen LogP contribution in [0.3, 0.4) is 0 Å². The van der Waals surface area contributed by atoms with Crippen molar-refractivity contribution in [2.75, 3.05) is 4.90 Å². The van der Waals surface area contributed by atoms with Gasteiger partial charge in [0.25, 0.3) is 0 Å². The number of aliphatic carboxylic acids is 2. The number of hydrogen-bond donors (Lipinski definition) is 2. The molecule has 3 rings (SSSR count). The van der Waals surface area contributed by atoms with Gasteiger partial charge in [0.1, 0.15) is 0 Å². The number of carbonyl (C=O) groups is 4. The quantitative estimate of drug-likeness (QED) is 0.791. The molecular weight excluding hydrogens is 290 g/mol. The minimum Gasteiger partial charge on any atom is -0.481 e. The number of carboxylic acid groups (broad SMARTS) is 2. The first-order valence-electron chi connectivity index (χ1n) is 6.82. The number of nitrogens with zero attached hydrogens (tertiary/aromatic N) is 1. The SMILES string of the molecule is O=C(O)C1CC(C(=O)O)C2C(=O)N(c3ccccc3)C(=O)C12. The van der Waals surface area contributed by atoms with Crippen molar-refractivity contribution < 1.29 is 29.4 Å². The van der Waals surface area contributed by atoms with E-state index < -0.39 is 47.4 Å². The highest BCUT2D eigenvalue weighted by Crippen LogP contribution is 2.48. The highest BCUT2D eigenvalue weighted by molar-refractivity contribution is 6.23. The molecule has 1 aliphatic carbocycles. The molecule has 4 atom stereocenters. The van der Waals surface area contributed by atoms with E-state index in [9.17, 15) is 29.4 Å². The van der Waals surface area contributed by atoms with Crippen LogP contribution in [0.25, 0.3) is 0 Å². The van der Waals surface area contributed by atoms with E-state index >= 15 is 0 Å². The van der Waals surface area contributed by atoms with Gasteiger partial charge in [-0.05, 0) is 18.6 Å². The first kappa shape index (κ1) is 14.2. The van der Waals surface area contributed by atoms with Crippen LogP contribution < -0.4 is 4.90 Å². The van der Waals surface area contributed by atoms with Gasteiger partial charge in [-0.25, -0.2) is 0 Å². The summed E-state index contributed by atoms with van der Waals surface area (Å²) >= 11 is 0. The molecule has 1 saturated heterocycles. The Hall–Kier alpha value is -2.70. The van der Waals surface area contributed by atoms with E-state index in [0.717, 1.165) is 4.90 Å². The zero-order valence-electron chi connectivity index (χ0n) is 11.4. The normalized spacial score (nSPS) is 30.5. The number of imide groups is 1. The van der Waals surface area contributed by atoms with E-state index in [1.165, 1.54) is 0 Å². The monoisotopic (exact) mass is 303 g/mol. The largest absolute Gasteiger partial charge is 0.481 e. The summed E-state index contributed by atoms with van der Waals surface area (Å²) in [5.41, 5.74) is 0.333. The molecule has 1 saturated carbocycles. The van der Waals surface area contributed by atoms with Crippen LogP contribution in [-0.2, 0) is 19.2 Å². The Morgan fingerprint density at radius 1 is 0.909 bits per heavy atom. The molecule has 7 nitrogen and oxygen atoms in total. The van der Waals surface area contributed by atoms with Crippen LogP contribution in [0.4, 0.5) is 5.69 Å². The second-order valence-corrected chi connectivity index (χ2v) is 5.52. The number of amides is 2. The Morgan fingerprint density at radius 2 is 1.36 bits per heavy atom. The number of rotatable bonds is 3. The summed E-state index contributed by atoms with van der Waals surface area (Å²) in [6.07, 6.45) is -0.194. The maximum absolute atomic E-state index is 12.5. The molecule has 2 fully saturated rings. The van der Waals surface area contributed by atoms with Gasteiger partial charge in [-0.3, -0.25) is 24.1 Å². The maximum atomic E-state index is 12.5. The fourth-order valence-corrected chi connectivity index (χ4v) is 3.47. The maximum Gasteiger partial charge on any atom is 0.307 e. The van der Waals surface area contributed by atoms with Gasteiger partial charge in [0.2, 0.25) is 11.8 Å². The Morgan fingerprint density at radius 3 is 1.77 bits per heavy atom. The number of carboxylic acids is 2. The van der Waals surface area contributed by atoms with Crippen LogP contribution in [0.5, 0.6) is 0 Å². The van der Waals surface area contributed by atoms with Crippen molar-refractivity contribution in [3.8, 4) is 0 Å². The molecule has 2 N–H and O–H groups in total. The molecule has 114 valence electrons. The zero-order chi connectivity index (χ0) is 16.0. The van der Waals surface area contributed by atoms with Gasteiger partial charge in [-0.2, -0.15) is 0 Å². The first-order chi connectivity index (χ1) is 10.4. The standard InChI is InChI=1S/C15H13NO6/c17-12-10-8(14(19)20)6-9(15(21)22)11(10)13(18)16(12)7-4-2-1-3-5-7/h1-5,8-11H,6H2,(H,19,20)(H,21,22). The molecule has 1 heterocycles. The van der Waals surface area contributed by atoms with E-state index in [1.807, 2.05) is 0 Å². The third-order valence-corrected chi connectivity index (χ3v) is 4.42. The summed E-state index contributed by atoms with van der Waals surface area (Å²) in [7, 11) is 0. The Kier molecular flexibility index (Phi) is 3.20. The van der Waals surface area contributed by atoms with Crippen molar-refractivity contribution in [3.05, 3.63) is 30.3 Å². The van der Waals surface area contributed by atoms with Crippen LogP contribution in [-0.4, -0.2) is 34.0 Å². The molecule has 0 bridgehead atoms. The number of carbonyl (C=O) groups excluding carboxylic acids is 2. The van der Waals surface area contributed by atoms with Gasteiger partial charge >= 0.3 is 11.9 Å². The van der Waals surface area contributed by atoms with E-state index in [1.54, 1.807) is 30.3 Å². The molecule has 2 amide bonds. The van der Waals surface area contributed by atoms with Crippen molar-refractivity contribution >= 4 is 29.4 Å². The van der Waals surface area contributed by atoms with Gasteiger partial charge in [0.15, 0.2) is 0 Å². The summed E-state index contributed by atoms with van der Waals surface area (Å²) in [6, 6.07) is 8.13. The van der Waals surface area contributed by atoms with E-state index in [2.05, 4.69) is 0 Å². The molecule has 1 aliphatic heterocycles. The average molecular weight is 303 g/mol. The molecular formula is C15H13NO6. The smallest absolute Gasteiger partial charge is 0.307 e. The average Bonchev–Trinajstić information content (AvgIpc) is 2.98. The predicted octanol–water partition coefficient (Wildman–Crippen LogP) is 0.597. The fraction of sp³-hybridized carbons (Fsp3) is 0.333. The molecule has 7 heteroatoms. The zero-order valence-corrected chi connectivity index (χ0v) is 11.4. The third-order valence-electron chi connectivity index (χ3n) is 4.42. The third kappa shape index (κ3) is 1.89. The number of fused-ring (bicyclic) bond motifs is 1. The summed E-state index contributed by atoms with van der Waals surface area (Å²) in [5, 5.41) is 18.5. The lowest BCUT2D eigenvalue weighted by molar-refractivity contribution is -0.145. The number of benzene rings is 1. The lowest BCUT2D eigenvalue weighted by atomic mass is 9.89. The minimum absolute atomic E-state index is 0.194.